The zero-order valence-electron chi connectivity index (χ0n) is 29.1. The Morgan fingerprint density at radius 3 is 2.20 bits per heavy atom. The summed E-state index contributed by atoms with van der Waals surface area (Å²) in [6, 6.07) is 38.3. The molecule has 0 fully saturated rings. The molecule has 4 aromatic carbocycles. The Balaban J connectivity index is 0.00000392. The zero-order valence-corrected chi connectivity index (χ0v) is 31.4. The molecule has 0 radical (unpaired) electrons. The number of aromatic nitrogens is 4. The summed E-state index contributed by atoms with van der Waals surface area (Å²) in [6.07, 6.45) is 6.65. The number of benzene rings is 4. The van der Waals surface area contributed by atoms with Crippen molar-refractivity contribution in [1.82, 2.24) is 19.5 Å². The minimum Gasteiger partial charge on any atom is -0.503 e. The monoisotopic (exact) mass is 833 g/mol. The molecule has 0 unspecified atom stereocenters. The van der Waals surface area contributed by atoms with Crippen molar-refractivity contribution < 1.29 is 25.8 Å². The quantitative estimate of drug-likeness (QED) is 0.128. The van der Waals surface area contributed by atoms with Crippen LogP contribution >= 0.6 is 0 Å². The number of hydrogen-bond acceptors (Lipinski definition) is 4. The molecular formula is C44H38N4OPt. The summed E-state index contributed by atoms with van der Waals surface area (Å²) in [4.78, 5) is 14.4. The molecule has 0 bridgehead atoms. The maximum Gasteiger partial charge on any atom is 2.00 e. The van der Waals surface area contributed by atoms with Gasteiger partial charge in [0.1, 0.15) is 5.82 Å². The van der Waals surface area contributed by atoms with Gasteiger partial charge in [0.15, 0.2) is 0 Å². The average Bonchev–Trinajstić information content (AvgIpc) is 3.41. The first-order valence-corrected chi connectivity index (χ1v) is 16.8. The van der Waals surface area contributed by atoms with E-state index in [0.29, 0.717) is 11.5 Å². The summed E-state index contributed by atoms with van der Waals surface area (Å²) >= 11 is 0. The van der Waals surface area contributed by atoms with E-state index in [1.54, 1.807) is 0 Å². The van der Waals surface area contributed by atoms with Crippen LogP contribution in [0.2, 0.25) is 0 Å². The Kier molecular flexibility index (Phi) is 8.60. The molecule has 0 saturated carbocycles. The number of rotatable bonds is 5. The maximum absolute atomic E-state index is 6.47. The summed E-state index contributed by atoms with van der Waals surface area (Å²) in [5.41, 5.74) is 7.38. The van der Waals surface area contributed by atoms with Crippen LogP contribution in [0.3, 0.4) is 0 Å². The van der Waals surface area contributed by atoms with E-state index in [1.807, 2.05) is 42.9 Å². The third kappa shape index (κ3) is 6.20. The molecule has 0 atom stereocenters. The van der Waals surface area contributed by atoms with Crippen molar-refractivity contribution in [2.45, 2.75) is 53.4 Å². The van der Waals surface area contributed by atoms with Crippen molar-refractivity contribution in [3.63, 3.8) is 0 Å². The van der Waals surface area contributed by atoms with Gasteiger partial charge >= 0.3 is 21.1 Å². The van der Waals surface area contributed by atoms with E-state index >= 15 is 0 Å². The topological polar surface area (TPSA) is 52.8 Å². The predicted octanol–water partition coefficient (Wildman–Crippen LogP) is 11.2. The van der Waals surface area contributed by atoms with E-state index in [9.17, 15) is 0 Å². The molecule has 0 aliphatic rings. The largest absolute Gasteiger partial charge is 2.00 e. The fourth-order valence-corrected chi connectivity index (χ4v) is 6.81. The van der Waals surface area contributed by atoms with Crippen molar-refractivity contribution in [3.05, 3.63) is 133 Å². The van der Waals surface area contributed by atoms with Crippen molar-refractivity contribution >= 4 is 43.5 Å². The number of nitrogens with zero attached hydrogens (tertiary/aromatic N) is 4. The Morgan fingerprint density at radius 1 is 0.640 bits per heavy atom. The van der Waals surface area contributed by atoms with E-state index in [1.165, 1.54) is 16.5 Å². The molecule has 5 nitrogen and oxygen atoms in total. The minimum atomic E-state index is -0.00692. The molecule has 0 aliphatic heterocycles. The van der Waals surface area contributed by atoms with Crippen molar-refractivity contribution in [2.75, 3.05) is 0 Å². The van der Waals surface area contributed by atoms with E-state index in [-0.39, 0.29) is 31.9 Å². The second-order valence-electron chi connectivity index (χ2n) is 15.0. The van der Waals surface area contributed by atoms with Gasteiger partial charge in [0.2, 0.25) is 0 Å². The smallest absolute Gasteiger partial charge is 0.503 e. The third-order valence-corrected chi connectivity index (χ3v) is 9.10. The molecule has 0 saturated heterocycles. The molecule has 250 valence electrons. The first kappa shape index (κ1) is 33.6. The molecule has 0 aliphatic carbocycles. The summed E-state index contributed by atoms with van der Waals surface area (Å²) in [6.45, 7) is 13.5. The molecule has 4 heterocycles. The van der Waals surface area contributed by atoms with Crippen LogP contribution in [0, 0.1) is 17.5 Å². The van der Waals surface area contributed by atoms with Gasteiger partial charge in [-0.05, 0) is 75.2 Å². The van der Waals surface area contributed by atoms with Gasteiger partial charge < -0.3 is 14.3 Å². The Hall–Kier alpha value is -4.86. The normalized spacial score (nSPS) is 12.1. The standard InChI is InChI=1S/C44H38N4O.Pt/c1-43(2,3)27-29-18-21-47-42-33(29)16-17-36-37(42)20-23-46-41(36)28-10-9-11-31(24-28)49-32-14-15-35-34-12-7-8-13-38(34)48(39(35)26-32)40-25-30(19-22-45-40)44(4,5)6;/h7-23,25H,27H2,1-6H3;/q-2;+2. The van der Waals surface area contributed by atoms with Gasteiger partial charge in [-0.25, -0.2) is 4.98 Å². The van der Waals surface area contributed by atoms with Gasteiger partial charge in [-0.1, -0.05) is 83.5 Å². The van der Waals surface area contributed by atoms with E-state index in [4.69, 9.17) is 19.7 Å². The SMILES string of the molecule is CC(C)(C)Cc1ccnc2c1ccc1c(-c3[c-]c(Oc4[c-]c5c(cc4)c4ccccc4n5-c4cc(C(C)(C)C)ccn4)ccc3)nccc12.[Pt+2]. The van der Waals surface area contributed by atoms with Crippen molar-refractivity contribution in [1.29, 1.82) is 0 Å². The first-order valence-electron chi connectivity index (χ1n) is 16.8. The molecular weight excluding hydrogens is 796 g/mol. The molecule has 8 rings (SSSR count). The summed E-state index contributed by atoms with van der Waals surface area (Å²) < 4.78 is 8.65. The van der Waals surface area contributed by atoms with Crippen LogP contribution in [0.1, 0.15) is 52.7 Å². The number of fused-ring (bicyclic) bond motifs is 6. The molecule has 6 heteroatoms. The Labute approximate surface area is 307 Å². The van der Waals surface area contributed by atoms with Crippen molar-refractivity contribution in [3.8, 4) is 28.6 Å². The number of hydrogen-bond donors (Lipinski definition) is 0. The van der Waals surface area contributed by atoms with Crippen LogP contribution in [-0.2, 0) is 32.9 Å². The Bertz CT molecular complexity index is 2540. The fourth-order valence-electron chi connectivity index (χ4n) is 6.81. The van der Waals surface area contributed by atoms with Crippen LogP contribution in [-0.4, -0.2) is 19.5 Å². The van der Waals surface area contributed by atoms with E-state index in [2.05, 4.69) is 125 Å². The second-order valence-corrected chi connectivity index (χ2v) is 15.0. The van der Waals surface area contributed by atoms with Gasteiger partial charge in [0.05, 0.1) is 5.52 Å². The van der Waals surface area contributed by atoms with Gasteiger partial charge in [-0.2, -0.15) is 6.07 Å². The molecule has 0 N–H and O–H groups in total. The summed E-state index contributed by atoms with van der Waals surface area (Å²) in [5.74, 6) is 2.05. The van der Waals surface area contributed by atoms with Crippen LogP contribution in [0.25, 0.3) is 60.6 Å². The molecule has 8 aromatic rings. The molecule has 4 aromatic heterocycles. The van der Waals surface area contributed by atoms with Gasteiger partial charge in [0, 0.05) is 46.4 Å². The van der Waals surface area contributed by atoms with Crippen LogP contribution < -0.4 is 4.74 Å². The fraction of sp³-hybridized carbons (Fsp3) is 0.205. The molecule has 50 heavy (non-hydrogen) atoms. The zero-order chi connectivity index (χ0) is 33.9. The predicted molar refractivity (Wildman–Crippen MR) is 201 cm³/mol. The number of ether oxygens (including phenoxy) is 1. The van der Waals surface area contributed by atoms with E-state index < -0.39 is 0 Å². The van der Waals surface area contributed by atoms with Crippen LogP contribution in [0.5, 0.6) is 11.5 Å². The number of pyridine rings is 3. The molecule has 0 amide bonds. The first-order chi connectivity index (χ1) is 23.5. The Morgan fingerprint density at radius 2 is 1.38 bits per heavy atom. The third-order valence-electron chi connectivity index (χ3n) is 9.10. The van der Waals surface area contributed by atoms with Crippen molar-refractivity contribution in [2.24, 2.45) is 5.41 Å². The summed E-state index contributed by atoms with van der Waals surface area (Å²) in [5, 5.41) is 5.54. The average molecular weight is 834 g/mol. The molecule has 0 spiro atoms. The maximum atomic E-state index is 6.47. The van der Waals surface area contributed by atoms with Crippen LogP contribution in [0.4, 0.5) is 0 Å². The minimum absolute atomic E-state index is 0. The van der Waals surface area contributed by atoms with Gasteiger partial charge in [-0.15, -0.1) is 41.3 Å². The second kappa shape index (κ2) is 12.8. The van der Waals surface area contributed by atoms with E-state index in [0.717, 1.165) is 61.6 Å². The summed E-state index contributed by atoms with van der Waals surface area (Å²) in [7, 11) is 0. The van der Waals surface area contributed by atoms with Gasteiger partial charge in [-0.3, -0.25) is 4.98 Å². The number of para-hydroxylation sites is 1. The van der Waals surface area contributed by atoms with Crippen LogP contribution in [0.15, 0.2) is 110 Å². The van der Waals surface area contributed by atoms with Gasteiger partial charge in [0.25, 0.3) is 0 Å².